The Bertz CT molecular complexity index is 620. The molecule has 0 fully saturated rings. The normalized spacial score (nSPS) is 17.6. The lowest BCUT2D eigenvalue weighted by molar-refractivity contribution is 0.0943. The van der Waals surface area contributed by atoms with Gasteiger partial charge in [0.15, 0.2) is 0 Å². The summed E-state index contributed by atoms with van der Waals surface area (Å²) in [6, 6.07) is 10.4. The highest BCUT2D eigenvalue weighted by Gasteiger charge is 2.18. The van der Waals surface area contributed by atoms with Gasteiger partial charge in [0.25, 0.3) is 5.91 Å². The third kappa shape index (κ3) is 2.72. The second-order valence-electron chi connectivity index (χ2n) is 5.14. The van der Waals surface area contributed by atoms with E-state index in [2.05, 4.69) is 40.0 Å². The van der Waals surface area contributed by atoms with Crippen LogP contribution >= 0.6 is 0 Å². The monoisotopic (exact) mass is 270 g/mol. The molecule has 1 aliphatic heterocycles. The number of carbonyl (C=O) groups is 1. The Morgan fingerprint density at radius 2 is 2.20 bits per heavy atom. The average molecular weight is 270 g/mol. The lowest BCUT2D eigenvalue weighted by Gasteiger charge is -2.26. The van der Waals surface area contributed by atoms with Gasteiger partial charge in [-0.15, -0.1) is 0 Å². The van der Waals surface area contributed by atoms with E-state index in [1.807, 2.05) is 0 Å². The maximum Gasteiger partial charge on any atom is 0.271 e. The summed E-state index contributed by atoms with van der Waals surface area (Å²) in [5.41, 5.74) is 3.17. The topological polar surface area (TPSA) is 59.0 Å². The minimum absolute atomic E-state index is 0.119. The smallest absolute Gasteiger partial charge is 0.271 e. The lowest BCUT2D eigenvalue weighted by Crippen LogP contribution is -2.44. The number of hydrogen-bond donors (Lipinski definition) is 2. The molecule has 5 nitrogen and oxygen atoms in total. The summed E-state index contributed by atoms with van der Waals surface area (Å²) in [7, 11) is 1.80. The second-order valence-corrected chi connectivity index (χ2v) is 5.14. The van der Waals surface area contributed by atoms with Gasteiger partial charge in [-0.1, -0.05) is 24.3 Å². The number of carbonyl (C=O) groups excluding carboxylic acids is 1. The number of hydrogen-bond acceptors (Lipinski definition) is 3. The number of aryl methyl sites for hydroxylation is 1. The molecular formula is C15H18N4O. The van der Waals surface area contributed by atoms with Crippen LogP contribution in [0.25, 0.3) is 0 Å². The molecule has 0 radical (unpaired) electrons. The van der Waals surface area contributed by atoms with Crippen LogP contribution in [-0.2, 0) is 20.0 Å². The van der Waals surface area contributed by atoms with Gasteiger partial charge >= 0.3 is 0 Å². The summed E-state index contributed by atoms with van der Waals surface area (Å²) in [4.78, 5) is 11.9. The fourth-order valence-electron chi connectivity index (χ4n) is 2.51. The van der Waals surface area contributed by atoms with Crippen molar-refractivity contribution in [2.75, 3.05) is 6.54 Å². The Hall–Kier alpha value is -2.14. The molecule has 104 valence electrons. The largest absolute Gasteiger partial charge is 0.349 e. The summed E-state index contributed by atoms with van der Waals surface area (Å²) in [5, 5.41) is 10.5. The van der Waals surface area contributed by atoms with Gasteiger partial charge in [0.05, 0.1) is 0 Å². The van der Waals surface area contributed by atoms with E-state index in [1.54, 1.807) is 24.0 Å². The summed E-state index contributed by atoms with van der Waals surface area (Å²) in [5.74, 6) is -0.119. The van der Waals surface area contributed by atoms with Crippen LogP contribution in [0.5, 0.6) is 0 Å². The van der Waals surface area contributed by atoms with Crippen LogP contribution in [-0.4, -0.2) is 28.3 Å². The van der Waals surface area contributed by atoms with Crippen molar-refractivity contribution in [1.82, 2.24) is 20.4 Å². The van der Waals surface area contributed by atoms with E-state index >= 15 is 0 Å². The highest BCUT2D eigenvalue weighted by Crippen LogP contribution is 2.15. The minimum atomic E-state index is -0.119. The van der Waals surface area contributed by atoms with Gasteiger partial charge in [-0.3, -0.25) is 9.48 Å². The highest BCUT2D eigenvalue weighted by molar-refractivity contribution is 5.92. The molecule has 1 aliphatic rings. The molecule has 0 bridgehead atoms. The van der Waals surface area contributed by atoms with E-state index in [4.69, 9.17) is 0 Å². The number of nitrogens with one attached hydrogen (secondary N) is 2. The van der Waals surface area contributed by atoms with Crippen molar-refractivity contribution < 1.29 is 4.79 Å². The van der Waals surface area contributed by atoms with Crippen LogP contribution in [0.3, 0.4) is 0 Å². The minimum Gasteiger partial charge on any atom is -0.349 e. The molecule has 0 aliphatic carbocycles. The summed E-state index contributed by atoms with van der Waals surface area (Å²) >= 11 is 0. The summed E-state index contributed by atoms with van der Waals surface area (Å²) < 4.78 is 1.63. The van der Waals surface area contributed by atoms with Crippen LogP contribution < -0.4 is 10.6 Å². The molecule has 2 N–H and O–H groups in total. The van der Waals surface area contributed by atoms with E-state index in [0.717, 1.165) is 13.0 Å². The number of nitrogens with zero attached hydrogens (tertiary/aromatic N) is 2. The van der Waals surface area contributed by atoms with Gasteiger partial charge in [-0.25, -0.2) is 0 Å². The molecule has 20 heavy (non-hydrogen) atoms. The molecule has 1 amide bonds. The second kappa shape index (κ2) is 5.46. The van der Waals surface area contributed by atoms with Gasteiger partial charge in [0.2, 0.25) is 0 Å². The van der Waals surface area contributed by atoms with Gasteiger partial charge in [-0.05, 0) is 23.6 Å². The molecular weight excluding hydrogens is 252 g/mol. The van der Waals surface area contributed by atoms with Gasteiger partial charge in [0.1, 0.15) is 5.69 Å². The standard InChI is InChI=1S/C15H18N4O/c1-19-7-6-14(18-19)15(20)17-10-13-8-11-4-2-3-5-12(11)9-16-13/h2-7,13,16H,8-10H2,1H3,(H,17,20). The Labute approximate surface area is 118 Å². The first-order chi connectivity index (χ1) is 9.72. The highest BCUT2D eigenvalue weighted by atomic mass is 16.1. The first kappa shape index (κ1) is 12.9. The third-order valence-corrected chi connectivity index (χ3v) is 3.62. The van der Waals surface area contributed by atoms with Gasteiger partial charge < -0.3 is 10.6 Å². The predicted molar refractivity (Wildman–Crippen MR) is 76.3 cm³/mol. The number of benzene rings is 1. The van der Waals surface area contributed by atoms with Crippen LogP contribution in [0.1, 0.15) is 21.6 Å². The molecule has 3 rings (SSSR count). The zero-order valence-corrected chi connectivity index (χ0v) is 11.5. The first-order valence-corrected chi connectivity index (χ1v) is 6.80. The Morgan fingerprint density at radius 1 is 1.40 bits per heavy atom. The quantitative estimate of drug-likeness (QED) is 0.870. The molecule has 1 atom stereocenters. The van der Waals surface area contributed by atoms with Crippen molar-refractivity contribution >= 4 is 5.91 Å². The van der Waals surface area contributed by atoms with E-state index in [9.17, 15) is 4.79 Å². The van der Waals surface area contributed by atoms with Crippen molar-refractivity contribution in [3.05, 3.63) is 53.3 Å². The summed E-state index contributed by atoms with van der Waals surface area (Å²) in [6.45, 7) is 1.48. The number of aromatic nitrogens is 2. The van der Waals surface area contributed by atoms with Crippen molar-refractivity contribution in [3.8, 4) is 0 Å². The number of fused-ring (bicyclic) bond motifs is 1. The fourth-order valence-corrected chi connectivity index (χ4v) is 2.51. The van der Waals surface area contributed by atoms with Crippen molar-refractivity contribution in [2.24, 2.45) is 7.05 Å². The van der Waals surface area contributed by atoms with Crippen molar-refractivity contribution in [3.63, 3.8) is 0 Å². The molecule has 1 unspecified atom stereocenters. The van der Waals surface area contributed by atoms with Crippen LogP contribution in [0.4, 0.5) is 0 Å². The molecule has 0 spiro atoms. The predicted octanol–water partition coefficient (Wildman–Crippen LogP) is 0.864. The maximum atomic E-state index is 11.9. The molecule has 0 saturated carbocycles. The van der Waals surface area contributed by atoms with Gasteiger partial charge in [-0.2, -0.15) is 5.10 Å². The zero-order valence-electron chi connectivity index (χ0n) is 11.5. The average Bonchev–Trinajstić information content (AvgIpc) is 2.91. The van der Waals surface area contributed by atoms with E-state index < -0.39 is 0 Å². The Balaban J connectivity index is 1.56. The SMILES string of the molecule is Cn1ccc(C(=O)NCC2Cc3ccccc3CN2)n1. The maximum absolute atomic E-state index is 11.9. The van der Waals surface area contributed by atoms with Crippen LogP contribution in [0.2, 0.25) is 0 Å². The van der Waals surface area contributed by atoms with Crippen molar-refractivity contribution in [2.45, 2.75) is 19.0 Å². The Kier molecular flexibility index (Phi) is 3.52. The fraction of sp³-hybridized carbons (Fsp3) is 0.333. The van der Waals surface area contributed by atoms with Crippen LogP contribution in [0, 0.1) is 0 Å². The van der Waals surface area contributed by atoms with E-state index in [-0.39, 0.29) is 11.9 Å². The number of rotatable bonds is 3. The molecule has 2 heterocycles. The molecule has 5 heteroatoms. The number of amides is 1. The lowest BCUT2D eigenvalue weighted by atomic mass is 9.96. The molecule has 0 saturated heterocycles. The zero-order chi connectivity index (χ0) is 13.9. The summed E-state index contributed by atoms with van der Waals surface area (Å²) in [6.07, 6.45) is 2.71. The van der Waals surface area contributed by atoms with E-state index in [0.29, 0.717) is 12.2 Å². The first-order valence-electron chi connectivity index (χ1n) is 6.80. The van der Waals surface area contributed by atoms with Gasteiger partial charge in [0, 0.05) is 32.4 Å². The molecule has 1 aromatic carbocycles. The van der Waals surface area contributed by atoms with Crippen LogP contribution in [0.15, 0.2) is 36.5 Å². The van der Waals surface area contributed by atoms with Crippen molar-refractivity contribution in [1.29, 1.82) is 0 Å². The van der Waals surface area contributed by atoms with E-state index in [1.165, 1.54) is 11.1 Å². The third-order valence-electron chi connectivity index (χ3n) is 3.62. The molecule has 1 aromatic heterocycles. The molecule has 2 aromatic rings. The Morgan fingerprint density at radius 3 is 2.95 bits per heavy atom.